The summed E-state index contributed by atoms with van der Waals surface area (Å²) in [6.07, 6.45) is 10.7. The van der Waals surface area contributed by atoms with Crippen LogP contribution < -0.4 is 0 Å². The third kappa shape index (κ3) is 6.55. The van der Waals surface area contributed by atoms with Gasteiger partial charge in [-0.1, -0.05) is 88.4 Å². The predicted molar refractivity (Wildman–Crippen MR) is 175 cm³/mol. The van der Waals surface area contributed by atoms with Gasteiger partial charge in [0, 0.05) is 24.7 Å². The number of aliphatic hydroxyl groups excluding tert-OH is 1. The van der Waals surface area contributed by atoms with Crippen molar-refractivity contribution in [3.63, 3.8) is 0 Å². The zero-order chi connectivity index (χ0) is 29.2. The average Bonchev–Trinajstić information content (AvgIpc) is 3.31. The Kier molecular flexibility index (Phi) is 9.96. The molecule has 0 radical (unpaired) electrons. The van der Waals surface area contributed by atoms with Crippen LogP contribution in [0.5, 0.6) is 0 Å². The first kappa shape index (κ1) is 31.7. The number of nitrogens with zero attached hydrogens (tertiary/aromatic N) is 1. The lowest BCUT2D eigenvalue weighted by Crippen LogP contribution is -2.52. The number of hydrogen-bond acceptors (Lipinski definition) is 6. The van der Waals surface area contributed by atoms with Crippen LogP contribution in [0.25, 0.3) is 10.2 Å². The van der Waals surface area contributed by atoms with Crippen molar-refractivity contribution in [2.75, 3.05) is 5.75 Å². The molecule has 0 amide bonds. The van der Waals surface area contributed by atoms with E-state index in [1.165, 1.54) is 28.4 Å². The standard InChI is InChI=1S/C33H49NO3S2Si/c1-9-40(10-2,11-3)36-26-21-31(6,7)33(32(8,22-26)37-33)23-28(35)25(5)16-14-15-24(4)19-20-38-30-34-27-17-12-13-18-29(27)39-30/h12-19,26,28,35H,9-11,20-23H2,1-8H3/b15-14+,24-19+,25-16+/t26-,28?,32+,33-/m0/s1. The Labute approximate surface area is 251 Å². The van der Waals surface area contributed by atoms with E-state index in [0.29, 0.717) is 6.42 Å². The second-order valence-electron chi connectivity index (χ2n) is 12.6. The molecule has 1 aliphatic heterocycles. The van der Waals surface area contributed by atoms with Gasteiger partial charge in [0.15, 0.2) is 12.7 Å². The Hall–Kier alpha value is -1.22. The quantitative estimate of drug-likeness (QED) is 0.108. The van der Waals surface area contributed by atoms with Crippen molar-refractivity contribution >= 4 is 41.6 Å². The minimum absolute atomic E-state index is 0.0581. The van der Waals surface area contributed by atoms with E-state index in [9.17, 15) is 5.11 Å². The van der Waals surface area contributed by atoms with Gasteiger partial charge in [0.1, 0.15) is 5.60 Å². The third-order valence-electron chi connectivity index (χ3n) is 9.62. The lowest BCUT2D eigenvalue weighted by molar-refractivity contribution is 0.0207. The molecule has 0 spiro atoms. The van der Waals surface area contributed by atoms with E-state index in [1.807, 2.05) is 19.1 Å². The van der Waals surface area contributed by atoms with Gasteiger partial charge < -0.3 is 14.3 Å². The number of thiazole rings is 1. The van der Waals surface area contributed by atoms with Crippen LogP contribution in [0, 0.1) is 5.41 Å². The number of allylic oxidation sites excluding steroid dienone is 4. The molecule has 220 valence electrons. The number of fused-ring (bicyclic) bond motifs is 2. The molecule has 1 aliphatic carbocycles. The van der Waals surface area contributed by atoms with Crippen molar-refractivity contribution in [1.82, 2.24) is 4.98 Å². The van der Waals surface area contributed by atoms with Gasteiger partial charge in [-0.05, 0) is 68.4 Å². The van der Waals surface area contributed by atoms with Gasteiger partial charge in [0.05, 0.1) is 21.9 Å². The van der Waals surface area contributed by atoms with Gasteiger partial charge in [-0.2, -0.15) is 0 Å². The van der Waals surface area contributed by atoms with E-state index >= 15 is 0 Å². The molecular weight excluding hydrogens is 551 g/mol. The van der Waals surface area contributed by atoms with Gasteiger partial charge in [-0.3, -0.25) is 0 Å². The van der Waals surface area contributed by atoms with Crippen molar-refractivity contribution in [3.05, 3.63) is 59.7 Å². The first-order valence-corrected chi connectivity index (χ1v) is 19.3. The zero-order valence-corrected chi connectivity index (χ0v) is 28.4. The second-order valence-corrected chi connectivity index (χ2v) is 19.7. The lowest BCUT2D eigenvalue weighted by atomic mass is 9.61. The highest BCUT2D eigenvalue weighted by molar-refractivity contribution is 8.01. The molecule has 1 unspecified atom stereocenters. The number of hydrogen-bond donors (Lipinski definition) is 1. The maximum atomic E-state index is 11.2. The van der Waals surface area contributed by atoms with Gasteiger partial charge in [-0.25, -0.2) is 4.98 Å². The Morgan fingerprint density at radius 1 is 1.18 bits per heavy atom. The van der Waals surface area contributed by atoms with E-state index in [2.05, 4.69) is 84.9 Å². The van der Waals surface area contributed by atoms with Gasteiger partial charge in [-0.15, -0.1) is 11.3 Å². The topological polar surface area (TPSA) is 54.9 Å². The van der Waals surface area contributed by atoms with Crippen molar-refractivity contribution in [2.24, 2.45) is 5.41 Å². The Morgan fingerprint density at radius 2 is 1.88 bits per heavy atom. The molecule has 0 bridgehead atoms. The molecule has 7 heteroatoms. The number of ether oxygens (including phenoxy) is 1. The van der Waals surface area contributed by atoms with E-state index in [-0.39, 0.29) is 22.7 Å². The lowest BCUT2D eigenvalue weighted by Gasteiger charge is -2.45. The summed E-state index contributed by atoms with van der Waals surface area (Å²) in [5.74, 6) is 0.887. The molecule has 4 atom stereocenters. The van der Waals surface area contributed by atoms with Crippen LogP contribution in [0.2, 0.25) is 18.1 Å². The Morgan fingerprint density at radius 3 is 2.52 bits per heavy atom. The molecule has 1 aromatic carbocycles. The minimum atomic E-state index is -1.67. The van der Waals surface area contributed by atoms with Crippen LogP contribution in [0.1, 0.15) is 74.7 Å². The van der Waals surface area contributed by atoms with Crippen molar-refractivity contribution in [2.45, 2.75) is 121 Å². The molecule has 1 N–H and O–H groups in total. The van der Waals surface area contributed by atoms with E-state index in [1.54, 1.807) is 23.1 Å². The fourth-order valence-corrected chi connectivity index (χ4v) is 11.7. The fourth-order valence-electron chi connectivity index (χ4n) is 6.75. The molecule has 40 heavy (non-hydrogen) atoms. The number of rotatable bonds is 13. The number of thioether (sulfide) groups is 1. The Balaban J connectivity index is 1.32. The number of aromatic nitrogens is 1. The molecule has 2 aromatic rings. The smallest absolute Gasteiger partial charge is 0.192 e. The van der Waals surface area contributed by atoms with Crippen molar-refractivity contribution in [3.8, 4) is 0 Å². The fraction of sp³-hybridized carbons (Fsp3) is 0.606. The molecule has 2 heterocycles. The van der Waals surface area contributed by atoms with Crippen LogP contribution in [0.4, 0.5) is 0 Å². The highest BCUT2D eigenvalue weighted by Crippen LogP contribution is 2.68. The van der Waals surface area contributed by atoms with E-state index in [0.717, 1.165) is 34.0 Å². The van der Waals surface area contributed by atoms with Gasteiger partial charge in [0.2, 0.25) is 0 Å². The summed E-state index contributed by atoms with van der Waals surface area (Å²) in [5, 5.41) is 11.2. The normalized spacial score (nSPS) is 27.8. The van der Waals surface area contributed by atoms with E-state index in [4.69, 9.17) is 14.1 Å². The largest absolute Gasteiger partial charge is 0.414 e. The summed E-state index contributed by atoms with van der Waals surface area (Å²) >= 11 is 3.52. The zero-order valence-electron chi connectivity index (χ0n) is 25.8. The first-order chi connectivity index (χ1) is 18.9. The van der Waals surface area contributed by atoms with Crippen LogP contribution in [-0.2, 0) is 9.16 Å². The van der Waals surface area contributed by atoms with Gasteiger partial charge >= 0.3 is 0 Å². The molecule has 2 fully saturated rings. The molecule has 4 nitrogen and oxygen atoms in total. The molecular formula is C33H49NO3S2Si. The highest BCUT2D eigenvalue weighted by atomic mass is 32.2. The van der Waals surface area contributed by atoms with Crippen LogP contribution in [0.3, 0.4) is 0 Å². The highest BCUT2D eigenvalue weighted by Gasteiger charge is 2.76. The summed E-state index contributed by atoms with van der Waals surface area (Å²) < 4.78 is 15.9. The Bertz CT molecular complexity index is 1220. The number of benzene rings is 1. The maximum absolute atomic E-state index is 11.2. The molecule has 2 aliphatic rings. The van der Waals surface area contributed by atoms with Crippen molar-refractivity contribution in [1.29, 1.82) is 0 Å². The van der Waals surface area contributed by atoms with Crippen LogP contribution in [-0.4, -0.2) is 47.6 Å². The summed E-state index contributed by atoms with van der Waals surface area (Å²) in [5.41, 5.74) is 2.66. The van der Waals surface area contributed by atoms with E-state index < -0.39 is 14.4 Å². The molecule has 1 saturated carbocycles. The summed E-state index contributed by atoms with van der Waals surface area (Å²) in [7, 11) is -1.67. The second kappa shape index (κ2) is 12.6. The SMILES string of the molecule is CC[Si](CC)(CC)O[C@H]1CC(C)(C)[C@]2(CC(O)/C(C)=C/C=C/C(C)=C/CSc3nc4ccccc4s3)O[C@]2(C)C1. The minimum Gasteiger partial charge on any atom is -0.414 e. The molecule has 1 aromatic heterocycles. The summed E-state index contributed by atoms with van der Waals surface area (Å²) in [4.78, 5) is 4.70. The van der Waals surface area contributed by atoms with Gasteiger partial charge in [0.25, 0.3) is 0 Å². The third-order valence-corrected chi connectivity index (χ3v) is 16.4. The summed E-state index contributed by atoms with van der Waals surface area (Å²) in [6, 6.07) is 11.8. The molecule has 4 rings (SSSR count). The number of aliphatic hydroxyl groups is 1. The summed E-state index contributed by atoms with van der Waals surface area (Å²) in [6.45, 7) is 17.9. The predicted octanol–water partition coefficient (Wildman–Crippen LogP) is 9.33. The van der Waals surface area contributed by atoms with Crippen LogP contribution >= 0.6 is 23.1 Å². The monoisotopic (exact) mass is 599 g/mol. The van der Waals surface area contributed by atoms with Crippen molar-refractivity contribution < 1.29 is 14.3 Å². The number of para-hydroxylation sites is 1. The van der Waals surface area contributed by atoms with Crippen LogP contribution in [0.15, 0.2) is 64.1 Å². The average molecular weight is 600 g/mol. The first-order valence-electron chi connectivity index (χ1n) is 15.0. The number of epoxide rings is 1. The maximum Gasteiger partial charge on any atom is 0.192 e. The molecule has 1 saturated heterocycles.